The second-order valence-electron chi connectivity index (χ2n) is 9.22. The van der Waals surface area contributed by atoms with Crippen molar-refractivity contribution in [3.63, 3.8) is 0 Å². The summed E-state index contributed by atoms with van der Waals surface area (Å²) in [7, 11) is 1.80. The van der Waals surface area contributed by atoms with Gasteiger partial charge in [-0.15, -0.1) is 11.6 Å². The number of amides is 2. The minimum Gasteiger partial charge on any atom is -0.436 e. The highest BCUT2D eigenvalue weighted by Gasteiger charge is 2.45. The highest BCUT2D eigenvalue weighted by atomic mass is 16.7. The minimum atomic E-state index is -1.16. The first kappa shape index (κ1) is 26.8. The molecule has 0 radical (unpaired) electrons. The molecule has 0 aromatic heterocycles. The average molecular weight is 486 g/mol. The van der Waals surface area contributed by atoms with Crippen molar-refractivity contribution in [1.82, 2.24) is 15.1 Å². The standard InChI is InChI=1S/C26H39N5O4/c1-4-6-7-8-22-9-11-23(12-10-22)29-17-19-31(20-18-29)28(3)35-26(24(27)32)13-15-30(16-14-26)25(33)34-21-5-2/h2,9-12H,4,6-8,13-21H2,1,3H3,(H2,27,32). The van der Waals surface area contributed by atoms with E-state index < -0.39 is 17.6 Å². The average Bonchev–Trinajstić information content (AvgIpc) is 2.88. The van der Waals surface area contributed by atoms with Crippen LogP contribution in [0, 0.1) is 12.3 Å². The van der Waals surface area contributed by atoms with Gasteiger partial charge in [-0.3, -0.25) is 9.63 Å². The molecule has 9 nitrogen and oxygen atoms in total. The van der Waals surface area contributed by atoms with Crippen LogP contribution in [0.25, 0.3) is 0 Å². The van der Waals surface area contributed by atoms with E-state index in [-0.39, 0.29) is 6.61 Å². The topological polar surface area (TPSA) is 91.6 Å². The van der Waals surface area contributed by atoms with E-state index in [9.17, 15) is 9.59 Å². The Bertz CT molecular complexity index is 869. The van der Waals surface area contributed by atoms with Crippen LogP contribution in [-0.4, -0.2) is 85.6 Å². The number of hydrazine groups is 1. The minimum absolute atomic E-state index is 0.0788. The summed E-state index contributed by atoms with van der Waals surface area (Å²) in [6.45, 7) is 5.98. The first-order valence-corrected chi connectivity index (χ1v) is 12.5. The number of nitrogens with zero attached hydrogens (tertiary/aromatic N) is 4. The van der Waals surface area contributed by atoms with Gasteiger partial charge in [0.25, 0.3) is 5.91 Å². The first-order chi connectivity index (χ1) is 16.9. The number of nitrogens with two attached hydrogens (primary N) is 1. The Morgan fingerprint density at radius 1 is 1.09 bits per heavy atom. The second kappa shape index (κ2) is 12.8. The summed E-state index contributed by atoms with van der Waals surface area (Å²) in [6, 6.07) is 8.89. The molecule has 1 aromatic rings. The normalized spacial score (nSPS) is 18.3. The van der Waals surface area contributed by atoms with E-state index in [1.54, 1.807) is 12.2 Å². The fourth-order valence-electron chi connectivity index (χ4n) is 4.63. The van der Waals surface area contributed by atoms with E-state index >= 15 is 0 Å². The molecule has 2 amide bonds. The molecule has 35 heavy (non-hydrogen) atoms. The quantitative estimate of drug-likeness (QED) is 0.309. The van der Waals surface area contributed by atoms with Gasteiger partial charge in [0.05, 0.1) is 0 Å². The summed E-state index contributed by atoms with van der Waals surface area (Å²) in [5.41, 5.74) is 7.20. The molecule has 3 rings (SSSR count). The zero-order valence-electron chi connectivity index (χ0n) is 21.1. The monoisotopic (exact) mass is 485 g/mol. The number of unbranched alkanes of at least 4 members (excludes halogenated alkanes) is 2. The number of aryl methyl sites for hydroxylation is 1. The molecule has 0 saturated carbocycles. The van der Waals surface area contributed by atoms with Gasteiger partial charge < -0.3 is 20.3 Å². The molecule has 2 heterocycles. The third-order valence-corrected chi connectivity index (χ3v) is 6.89. The van der Waals surface area contributed by atoms with Crippen LogP contribution in [0.3, 0.4) is 0 Å². The highest BCUT2D eigenvalue weighted by Crippen LogP contribution is 2.28. The number of carbonyl (C=O) groups is 2. The Kier molecular flexibility index (Phi) is 9.78. The summed E-state index contributed by atoms with van der Waals surface area (Å²) < 4.78 is 4.98. The molecule has 0 unspecified atom stereocenters. The number of hydrogen-bond acceptors (Lipinski definition) is 7. The summed E-state index contributed by atoms with van der Waals surface area (Å²) >= 11 is 0. The van der Waals surface area contributed by atoms with Gasteiger partial charge in [-0.1, -0.05) is 37.8 Å². The maximum Gasteiger partial charge on any atom is 0.410 e. The number of ether oxygens (including phenoxy) is 1. The van der Waals surface area contributed by atoms with Gasteiger partial charge in [0.2, 0.25) is 0 Å². The predicted octanol–water partition coefficient (Wildman–Crippen LogP) is 2.41. The van der Waals surface area contributed by atoms with Crippen LogP contribution in [0.15, 0.2) is 24.3 Å². The van der Waals surface area contributed by atoms with Gasteiger partial charge in [0.1, 0.15) is 0 Å². The molecular weight excluding hydrogens is 446 g/mol. The smallest absolute Gasteiger partial charge is 0.410 e. The number of hydroxylamine groups is 1. The lowest BCUT2D eigenvalue weighted by Gasteiger charge is -2.45. The van der Waals surface area contributed by atoms with Crippen LogP contribution in [0.5, 0.6) is 0 Å². The Morgan fingerprint density at radius 2 is 1.74 bits per heavy atom. The number of likely N-dealkylation sites (tertiary alicyclic amines) is 1. The van der Waals surface area contributed by atoms with Crippen molar-refractivity contribution >= 4 is 17.7 Å². The first-order valence-electron chi connectivity index (χ1n) is 12.5. The van der Waals surface area contributed by atoms with Crippen LogP contribution < -0.4 is 10.6 Å². The van der Waals surface area contributed by atoms with Crippen LogP contribution in [0.4, 0.5) is 10.5 Å². The van der Waals surface area contributed by atoms with Gasteiger partial charge in [-0.05, 0) is 30.5 Å². The lowest BCUT2D eigenvalue weighted by Crippen LogP contribution is -2.60. The van der Waals surface area contributed by atoms with Crippen molar-refractivity contribution in [2.75, 3.05) is 57.8 Å². The number of carbonyl (C=O) groups excluding carboxylic acids is 2. The Morgan fingerprint density at radius 3 is 2.31 bits per heavy atom. The number of piperazine rings is 1. The van der Waals surface area contributed by atoms with Crippen molar-refractivity contribution < 1.29 is 19.2 Å². The molecule has 2 aliphatic heterocycles. The van der Waals surface area contributed by atoms with E-state index in [2.05, 4.69) is 47.0 Å². The zero-order chi connectivity index (χ0) is 25.3. The third-order valence-electron chi connectivity index (χ3n) is 6.89. The zero-order valence-corrected chi connectivity index (χ0v) is 21.1. The van der Waals surface area contributed by atoms with E-state index in [4.69, 9.17) is 21.7 Å². The SMILES string of the molecule is C#CCOC(=O)N1CCC(ON(C)N2CCN(c3ccc(CCCCC)cc3)CC2)(C(N)=O)CC1. The number of primary amides is 1. The second-order valence-corrected chi connectivity index (χ2v) is 9.22. The molecule has 192 valence electrons. The maximum atomic E-state index is 12.4. The molecule has 9 heteroatoms. The summed E-state index contributed by atoms with van der Waals surface area (Å²) in [5.74, 6) is 1.75. The number of piperidine rings is 1. The molecule has 0 aliphatic carbocycles. The highest BCUT2D eigenvalue weighted by molar-refractivity contribution is 5.84. The predicted molar refractivity (Wildman–Crippen MR) is 135 cm³/mol. The van der Waals surface area contributed by atoms with Gasteiger partial charge in [-0.2, -0.15) is 0 Å². The molecule has 0 spiro atoms. The van der Waals surface area contributed by atoms with Gasteiger partial charge >= 0.3 is 6.09 Å². The molecule has 0 bridgehead atoms. The van der Waals surface area contributed by atoms with Gasteiger partial charge in [-0.25, -0.2) is 9.80 Å². The maximum absolute atomic E-state index is 12.4. The fourth-order valence-corrected chi connectivity index (χ4v) is 4.63. The molecule has 2 N–H and O–H groups in total. The van der Waals surface area contributed by atoms with E-state index in [0.29, 0.717) is 25.9 Å². The molecule has 1 aromatic carbocycles. The summed E-state index contributed by atoms with van der Waals surface area (Å²) in [5, 5.41) is 3.72. The molecule has 0 atom stereocenters. The van der Waals surface area contributed by atoms with Crippen molar-refractivity contribution in [3.8, 4) is 12.3 Å². The summed E-state index contributed by atoms with van der Waals surface area (Å²) in [6.07, 6.45) is 10.1. The number of anilines is 1. The molecular formula is C26H39N5O4. The number of terminal acetylenes is 1. The van der Waals surface area contributed by atoms with Crippen molar-refractivity contribution in [1.29, 1.82) is 0 Å². The molecule has 2 saturated heterocycles. The molecule has 2 fully saturated rings. The fraction of sp³-hybridized carbons (Fsp3) is 0.615. The van der Waals surface area contributed by atoms with Crippen LogP contribution in [0.2, 0.25) is 0 Å². The lowest BCUT2D eigenvalue weighted by molar-refractivity contribution is -0.324. The number of benzene rings is 1. The summed E-state index contributed by atoms with van der Waals surface area (Å²) in [4.78, 5) is 34.5. The number of rotatable bonds is 10. The van der Waals surface area contributed by atoms with Crippen molar-refractivity contribution in [3.05, 3.63) is 29.8 Å². The van der Waals surface area contributed by atoms with E-state index in [1.807, 2.05) is 0 Å². The third kappa shape index (κ3) is 7.10. The Balaban J connectivity index is 1.49. The lowest BCUT2D eigenvalue weighted by atomic mass is 9.91. The van der Waals surface area contributed by atoms with E-state index in [1.165, 1.54) is 35.4 Å². The number of hydrogen-bond donors (Lipinski definition) is 1. The van der Waals surface area contributed by atoms with Crippen molar-refractivity contribution in [2.24, 2.45) is 5.73 Å². The van der Waals surface area contributed by atoms with Gasteiger partial charge in [0, 0.05) is 64.8 Å². The van der Waals surface area contributed by atoms with Crippen LogP contribution in [-0.2, 0) is 20.8 Å². The Labute approximate surface area is 209 Å². The van der Waals surface area contributed by atoms with Crippen molar-refractivity contribution in [2.45, 2.75) is 51.0 Å². The molecule has 2 aliphatic rings. The van der Waals surface area contributed by atoms with E-state index in [0.717, 1.165) is 32.6 Å². The van der Waals surface area contributed by atoms with Crippen LogP contribution in [0.1, 0.15) is 44.6 Å². The van der Waals surface area contributed by atoms with Crippen LogP contribution >= 0.6 is 0 Å². The Hall–Kier alpha value is -2.80. The van der Waals surface area contributed by atoms with Gasteiger partial charge in [0.15, 0.2) is 12.2 Å². The largest absolute Gasteiger partial charge is 0.436 e.